The molecule has 2 saturated heterocycles. The minimum Gasteiger partial charge on any atom is -0.396 e. The molecule has 3 heterocycles. The van der Waals surface area contributed by atoms with Crippen LogP contribution in [-0.4, -0.2) is 57.1 Å². The van der Waals surface area contributed by atoms with E-state index in [0.717, 1.165) is 63.2 Å². The summed E-state index contributed by atoms with van der Waals surface area (Å²) >= 11 is 0. The molecule has 1 aromatic rings. The van der Waals surface area contributed by atoms with Gasteiger partial charge in [0.15, 0.2) is 5.82 Å². The van der Waals surface area contributed by atoms with Crippen LogP contribution >= 0.6 is 0 Å². The van der Waals surface area contributed by atoms with Crippen molar-refractivity contribution in [2.45, 2.75) is 13.0 Å². The van der Waals surface area contributed by atoms with E-state index in [0.29, 0.717) is 0 Å². The number of anilines is 3. The van der Waals surface area contributed by atoms with Crippen LogP contribution in [0, 0.1) is 0 Å². The van der Waals surface area contributed by atoms with E-state index in [4.69, 9.17) is 15.2 Å². The van der Waals surface area contributed by atoms with Crippen LogP contribution in [0.5, 0.6) is 0 Å². The van der Waals surface area contributed by atoms with Gasteiger partial charge in [0.1, 0.15) is 0 Å². The molecule has 0 amide bonds. The molecule has 2 aliphatic heterocycles. The van der Waals surface area contributed by atoms with Gasteiger partial charge in [0.2, 0.25) is 0 Å². The maximum absolute atomic E-state index is 6.19. The highest BCUT2D eigenvalue weighted by molar-refractivity contribution is 5.68. The highest BCUT2D eigenvalue weighted by Gasteiger charge is 2.20. The Morgan fingerprint density at radius 1 is 1.20 bits per heavy atom. The largest absolute Gasteiger partial charge is 0.396 e. The van der Waals surface area contributed by atoms with Crippen LogP contribution in [0.3, 0.4) is 0 Å². The average Bonchev–Trinajstić information content (AvgIpc) is 2.48. The summed E-state index contributed by atoms with van der Waals surface area (Å²) < 4.78 is 10.9. The van der Waals surface area contributed by atoms with Gasteiger partial charge in [-0.05, 0) is 13.0 Å². The quantitative estimate of drug-likeness (QED) is 0.860. The topological polar surface area (TPSA) is 63.9 Å². The molecule has 2 N–H and O–H groups in total. The Hall–Kier alpha value is -1.53. The van der Waals surface area contributed by atoms with Gasteiger partial charge in [0.05, 0.1) is 43.5 Å². The van der Waals surface area contributed by atoms with E-state index >= 15 is 0 Å². The highest BCUT2D eigenvalue weighted by atomic mass is 16.5. The number of nitrogens with two attached hydrogens (primary N) is 1. The molecule has 0 unspecified atom stereocenters. The number of hydrogen-bond donors (Lipinski definition) is 1. The molecular weight excluding hydrogens is 256 g/mol. The third kappa shape index (κ3) is 2.81. The Labute approximate surface area is 119 Å². The number of ether oxygens (including phenoxy) is 2. The van der Waals surface area contributed by atoms with Crippen LogP contribution in [0.15, 0.2) is 12.3 Å². The number of hydrogen-bond acceptors (Lipinski definition) is 6. The molecule has 2 aliphatic rings. The molecule has 1 atom stereocenters. The van der Waals surface area contributed by atoms with Crippen LogP contribution in [-0.2, 0) is 9.47 Å². The van der Waals surface area contributed by atoms with Crippen LogP contribution in [0.1, 0.15) is 6.92 Å². The summed E-state index contributed by atoms with van der Waals surface area (Å²) in [5.74, 6) is 0.873. The van der Waals surface area contributed by atoms with Crippen molar-refractivity contribution in [1.82, 2.24) is 4.98 Å². The summed E-state index contributed by atoms with van der Waals surface area (Å²) in [6, 6.07) is 2.02. The Bertz CT molecular complexity index is 462. The van der Waals surface area contributed by atoms with Crippen molar-refractivity contribution in [3.05, 3.63) is 12.3 Å². The van der Waals surface area contributed by atoms with Crippen molar-refractivity contribution >= 4 is 17.2 Å². The number of rotatable bonds is 2. The zero-order valence-electron chi connectivity index (χ0n) is 11.9. The molecule has 3 rings (SSSR count). The summed E-state index contributed by atoms with van der Waals surface area (Å²) in [6.45, 7) is 7.81. The second kappa shape index (κ2) is 5.85. The maximum atomic E-state index is 6.19. The van der Waals surface area contributed by atoms with Gasteiger partial charge < -0.3 is 25.0 Å². The van der Waals surface area contributed by atoms with Crippen LogP contribution in [0.4, 0.5) is 17.2 Å². The average molecular weight is 278 g/mol. The third-order valence-electron chi connectivity index (χ3n) is 3.80. The highest BCUT2D eigenvalue weighted by Crippen LogP contribution is 2.27. The molecule has 1 aromatic heterocycles. The lowest BCUT2D eigenvalue weighted by atomic mass is 10.2. The summed E-state index contributed by atoms with van der Waals surface area (Å²) in [4.78, 5) is 9.03. The van der Waals surface area contributed by atoms with E-state index < -0.39 is 0 Å². The molecule has 6 nitrogen and oxygen atoms in total. The molecule has 0 bridgehead atoms. The molecule has 0 aromatic carbocycles. The lowest BCUT2D eigenvalue weighted by Gasteiger charge is -2.33. The molecule has 0 radical (unpaired) electrons. The SMILES string of the molecule is C[C@H]1CN(c2cnc(N3CCOCC3)c(N)c2)CCO1. The van der Waals surface area contributed by atoms with E-state index in [1.807, 2.05) is 12.3 Å². The first-order valence-electron chi connectivity index (χ1n) is 7.19. The van der Waals surface area contributed by atoms with Crippen LogP contribution in [0.2, 0.25) is 0 Å². The predicted octanol–water partition coefficient (Wildman–Crippen LogP) is 0.725. The number of pyridine rings is 1. The number of aromatic nitrogens is 1. The van der Waals surface area contributed by atoms with Crippen LogP contribution in [0.25, 0.3) is 0 Å². The lowest BCUT2D eigenvalue weighted by molar-refractivity contribution is 0.0532. The third-order valence-corrected chi connectivity index (χ3v) is 3.80. The molecule has 20 heavy (non-hydrogen) atoms. The molecule has 110 valence electrons. The van der Waals surface area contributed by atoms with Crippen molar-refractivity contribution in [2.75, 3.05) is 61.5 Å². The van der Waals surface area contributed by atoms with Crippen molar-refractivity contribution < 1.29 is 9.47 Å². The molecule has 0 saturated carbocycles. The van der Waals surface area contributed by atoms with Gasteiger partial charge in [0.25, 0.3) is 0 Å². The zero-order valence-corrected chi connectivity index (χ0v) is 11.9. The van der Waals surface area contributed by atoms with Gasteiger partial charge in [0, 0.05) is 26.2 Å². The zero-order chi connectivity index (χ0) is 13.9. The standard InChI is InChI=1S/C14H22N4O2/c1-11-10-18(4-7-20-11)12-8-13(15)14(16-9-12)17-2-5-19-6-3-17/h8-9,11H,2-7,10,15H2,1H3/t11-/m0/s1. The molecule has 0 aliphatic carbocycles. The number of morpholine rings is 2. The Kier molecular flexibility index (Phi) is 3.93. The predicted molar refractivity (Wildman–Crippen MR) is 79.3 cm³/mol. The summed E-state index contributed by atoms with van der Waals surface area (Å²) in [6.07, 6.45) is 2.17. The first-order valence-corrected chi connectivity index (χ1v) is 7.19. The van der Waals surface area contributed by atoms with E-state index in [1.165, 1.54) is 0 Å². The minimum absolute atomic E-state index is 0.254. The van der Waals surface area contributed by atoms with E-state index in [9.17, 15) is 0 Å². The first kappa shape index (κ1) is 13.5. The molecular formula is C14H22N4O2. The van der Waals surface area contributed by atoms with Gasteiger partial charge in [-0.25, -0.2) is 4.98 Å². The van der Waals surface area contributed by atoms with Crippen LogP contribution < -0.4 is 15.5 Å². The fraction of sp³-hybridized carbons (Fsp3) is 0.643. The monoisotopic (exact) mass is 278 g/mol. The maximum Gasteiger partial charge on any atom is 0.152 e. The number of nitrogens with zero attached hydrogens (tertiary/aromatic N) is 3. The number of nitrogen functional groups attached to an aromatic ring is 1. The molecule has 6 heteroatoms. The smallest absolute Gasteiger partial charge is 0.152 e. The lowest BCUT2D eigenvalue weighted by Crippen LogP contribution is -2.41. The van der Waals surface area contributed by atoms with Gasteiger partial charge in [-0.2, -0.15) is 0 Å². The Morgan fingerprint density at radius 3 is 2.65 bits per heavy atom. The van der Waals surface area contributed by atoms with E-state index in [2.05, 4.69) is 21.7 Å². The van der Waals surface area contributed by atoms with Gasteiger partial charge in [-0.15, -0.1) is 0 Å². The Morgan fingerprint density at radius 2 is 1.95 bits per heavy atom. The van der Waals surface area contributed by atoms with E-state index in [-0.39, 0.29) is 6.10 Å². The summed E-state index contributed by atoms with van der Waals surface area (Å²) in [5.41, 5.74) is 8.01. The fourth-order valence-corrected chi connectivity index (χ4v) is 2.73. The summed E-state index contributed by atoms with van der Waals surface area (Å²) in [5, 5.41) is 0. The molecule has 2 fully saturated rings. The second-order valence-corrected chi connectivity index (χ2v) is 5.33. The van der Waals surface area contributed by atoms with Gasteiger partial charge in [-0.3, -0.25) is 0 Å². The van der Waals surface area contributed by atoms with Crippen molar-refractivity contribution in [3.8, 4) is 0 Å². The Balaban J connectivity index is 1.76. The minimum atomic E-state index is 0.254. The molecule has 0 spiro atoms. The van der Waals surface area contributed by atoms with Gasteiger partial charge >= 0.3 is 0 Å². The van der Waals surface area contributed by atoms with Crippen molar-refractivity contribution in [1.29, 1.82) is 0 Å². The normalized spacial score (nSPS) is 23.9. The first-order chi connectivity index (χ1) is 9.74. The second-order valence-electron chi connectivity index (χ2n) is 5.33. The van der Waals surface area contributed by atoms with E-state index in [1.54, 1.807) is 0 Å². The van der Waals surface area contributed by atoms with Crippen molar-refractivity contribution in [3.63, 3.8) is 0 Å². The summed E-state index contributed by atoms with van der Waals surface area (Å²) in [7, 11) is 0. The van der Waals surface area contributed by atoms with Gasteiger partial charge in [-0.1, -0.05) is 0 Å². The fourth-order valence-electron chi connectivity index (χ4n) is 2.73. The van der Waals surface area contributed by atoms with Crippen molar-refractivity contribution in [2.24, 2.45) is 0 Å².